The number of nitrogens with zero attached hydrogens (tertiary/aromatic N) is 2. The summed E-state index contributed by atoms with van der Waals surface area (Å²) in [7, 11) is 0. The number of aryl methyl sites for hydroxylation is 1. The van der Waals surface area contributed by atoms with Gasteiger partial charge >= 0.3 is 0 Å². The molecular formula is C13H18ClN3O3. The van der Waals surface area contributed by atoms with E-state index in [1.54, 1.807) is 19.9 Å². The fraction of sp³-hybridized carbons (Fsp3) is 0.615. The number of carbonyl (C=O) groups excluding carboxylic acids is 2. The largest absolute Gasteiger partial charge is 0.360 e. The van der Waals surface area contributed by atoms with Crippen LogP contribution in [-0.4, -0.2) is 40.3 Å². The number of halogens is 1. The van der Waals surface area contributed by atoms with Crippen molar-refractivity contribution in [3.8, 4) is 0 Å². The Hall–Kier alpha value is -1.56. The molecule has 1 aromatic rings. The number of anilines is 1. The van der Waals surface area contributed by atoms with Crippen LogP contribution in [0.2, 0.25) is 0 Å². The second kappa shape index (κ2) is 6.26. The van der Waals surface area contributed by atoms with Gasteiger partial charge in [-0.05, 0) is 32.6 Å². The van der Waals surface area contributed by atoms with E-state index in [2.05, 4.69) is 10.5 Å². The van der Waals surface area contributed by atoms with Crippen molar-refractivity contribution in [2.45, 2.75) is 32.1 Å². The van der Waals surface area contributed by atoms with E-state index < -0.39 is 5.38 Å². The van der Waals surface area contributed by atoms with Crippen molar-refractivity contribution in [3.63, 3.8) is 0 Å². The topological polar surface area (TPSA) is 75.4 Å². The zero-order valence-corrected chi connectivity index (χ0v) is 12.3. The SMILES string of the molecule is Cc1cc(NC(=O)CN(CC2CC2)C(=O)[C@H](C)Cl)no1. The molecule has 2 rings (SSSR count). The first-order valence-corrected chi connectivity index (χ1v) is 7.05. The van der Waals surface area contributed by atoms with Gasteiger partial charge < -0.3 is 14.7 Å². The fourth-order valence-corrected chi connectivity index (χ4v) is 2.02. The Labute approximate surface area is 122 Å². The van der Waals surface area contributed by atoms with Gasteiger partial charge in [0.25, 0.3) is 0 Å². The Morgan fingerprint density at radius 3 is 2.80 bits per heavy atom. The van der Waals surface area contributed by atoms with E-state index in [1.807, 2.05) is 0 Å². The molecule has 110 valence electrons. The lowest BCUT2D eigenvalue weighted by atomic mass is 10.3. The monoisotopic (exact) mass is 299 g/mol. The average molecular weight is 300 g/mol. The second-order valence-corrected chi connectivity index (χ2v) is 5.80. The lowest BCUT2D eigenvalue weighted by Gasteiger charge is -2.22. The van der Waals surface area contributed by atoms with Gasteiger partial charge in [-0.15, -0.1) is 11.6 Å². The second-order valence-electron chi connectivity index (χ2n) is 5.15. The number of hydrogen-bond donors (Lipinski definition) is 1. The zero-order chi connectivity index (χ0) is 14.7. The van der Waals surface area contributed by atoms with E-state index in [4.69, 9.17) is 16.1 Å². The first-order valence-electron chi connectivity index (χ1n) is 6.61. The van der Waals surface area contributed by atoms with Crippen molar-refractivity contribution >= 4 is 29.2 Å². The van der Waals surface area contributed by atoms with Crippen LogP contribution in [0.5, 0.6) is 0 Å². The van der Waals surface area contributed by atoms with Gasteiger partial charge in [-0.3, -0.25) is 9.59 Å². The summed E-state index contributed by atoms with van der Waals surface area (Å²) in [5, 5.41) is 5.65. The molecule has 1 heterocycles. The molecule has 0 spiro atoms. The molecule has 0 aliphatic heterocycles. The van der Waals surface area contributed by atoms with Crippen LogP contribution in [0.3, 0.4) is 0 Å². The van der Waals surface area contributed by atoms with Crippen molar-refractivity contribution in [2.24, 2.45) is 5.92 Å². The van der Waals surface area contributed by atoms with Crippen LogP contribution in [0, 0.1) is 12.8 Å². The van der Waals surface area contributed by atoms with E-state index in [0.717, 1.165) is 12.8 Å². The lowest BCUT2D eigenvalue weighted by Crippen LogP contribution is -2.42. The summed E-state index contributed by atoms with van der Waals surface area (Å²) in [6.07, 6.45) is 2.20. The van der Waals surface area contributed by atoms with Crippen molar-refractivity contribution < 1.29 is 14.1 Å². The summed E-state index contributed by atoms with van der Waals surface area (Å²) in [5.74, 6) is 0.942. The number of nitrogens with one attached hydrogen (secondary N) is 1. The third kappa shape index (κ3) is 4.23. The number of aromatic nitrogens is 1. The Morgan fingerprint density at radius 1 is 1.60 bits per heavy atom. The number of amides is 2. The number of hydrogen-bond acceptors (Lipinski definition) is 4. The Balaban J connectivity index is 1.92. The number of carbonyl (C=O) groups is 2. The van der Waals surface area contributed by atoms with E-state index >= 15 is 0 Å². The van der Waals surface area contributed by atoms with Gasteiger partial charge in [0.15, 0.2) is 5.82 Å². The van der Waals surface area contributed by atoms with Gasteiger partial charge in [0.2, 0.25) is 11.8 Å². The highest BCUT2D eigenvalue weighted by Gasteiger charge is 2.29. The van der Waals surface area contributed by atoms with Gasteiger partial charge in [0, 0.05) is 12.6 Å². The molecule has 0 bridgehead atoms. The van der Waals surface area contributed by atoms with Crippen molar-refractivity contribution in [1.82, 2.24) is 10.1 Å². The molecule has 7 heteroatoms. The summed E-state index contributed by atoms with van der Waals surface area (Å²) >= 11 is 5.82. The molecule has 6 nitrogen and oxygen atoms in total. The molecule has 1 fully saturated rings. The van der Waals surface area contributed by atoms with Gasteiger partial charge in [0.1, 0.15) is 11.1 Å². The lowest BCUT2D eigenvalue weighted by molar-refractivity contribution is -0.134. The minimum absolute atomic E-state index is 0.0156. The summed E-state index contributed by atoms with van der Waals surface area (Å²) in [4.78, 5) is 25.4. The summed E-state index contributed by atoms with van der Waals surface area (Å²) < 4.78 is 4.86. The number of rotatable bonds is 6. The van der Waals surface area contributed by atoms with Gasteiger partial charge in [-0.2, -0.15) is 0 Å². The predicted molar refractivity (Wildman–Crippen MR) is 74.5 cm³/mol. The molecule has 20 heavy (non-hydrogen) atoms. The summed E-state index contributed by atoms with van der Waals surface area (Å²) in [5.41, 5.74) is 0. The quantitative estimate of drug-likeness (QED) is 0.813. The molecular weight excluding hydrogens is 282 g/mol. The third-order valence-corrected chi connectivity index (χ3v) is 3.24. The molecule has 0 radical (unpaired) electrons. The van der Waals surface area contributed by atoms with Gasteiger partial charge in [-0.1, -0.05) is 5.16 Å². The minimum Gasteiger partial charge on any atom is -0.360 e. The van der Waals surface area contributed by atoms with E-state index in [0.29, 0.717) is 24.0 Å². The van der Waals surface area contributed by atoms with Crippen LogP contribution in [0.4, 0.5) is 5.82 Å². The molecule has 1 N–H and O–H groups in total. The smallest absolute Gasteiger partial charge is 0.245 e. The first kappa shape index (κ1) is 14.8. The number of alkyl halides is 1. The highest BCUT2D eigenvalue weighted by Crippen LogP contribution is 2.30. The molecule has 0 unspecified atom stereocenters. The minimum atomic E-state index is -0.629. The van der Waals surface area contributed by atoms with Crippen LogP contribution in [0.1, 0.15) is 25.5 Å². The Morgan fingerprint density at radius 2 is 2.30 bits per heavy atom. The predicted octanol–water partition coefficient (Wildman–Crippen LogP) is 1.79. The maximum Gasteiger partial charge on any atom is 0.245 e. The highest BCUT2D eigenvalue weighted by molar-refractivity contribution is 6.30. The first-order chi connectivity index (χ1) is 9.45. The summed E-state index contributed by atoms with van der Waals surface area (Å²) in [6, 6.07) is 1.62. The zero-order valence-electron chi connectivity index (χ0n) is 11.6. The van der Waals surface area contributed by atoms with Crippen molar-refractivity contribution in [1.29, 1.82) is 0 Å². The van der Waals surface area contributed by atoms with Crippen LogP contribution in [0.25, 0.3) is 0 Å². The Bertz CT molecular complexity index is 497. The molecule has 1 aromatic heterocycles. The molecule has 1 atom stereocenters. The maximum absolute atomic E-state index is 12.0. The van der Waals surface area contributed by atoms with E-state index in [-0.39, 0.29) is 18.4 Å². The Kier molecular flexibility index (Phi) is 4.65. The van der Waals surface area contributed by atoms with Crippen LogP contribution in [-0.2, 0) is 9.59 Å². The van der Waals surface area contributed by atoms with Crippen molar-refractivity contribution in [3.05, 3.63) is 11.8 Å². The molecule has 1 aliphatic carbocycles. The molecule has 1 saturated carbocycles. The van der Waals surface area contributed by atoms with E-state index in [1.165, 1.54) is 4.90 Å². The van der Waals surface area contributed by atoms with Crippen LogP contribution >= 0.6 is 11.6 Å². The average Bonchev–Trinajstić information content (AvgIpc) is 3.10. The third-order valence-electron chi connectivity index (χ3n) is 3.06. The maximum atomic E-state index is 12.0. The molecule has 0 saturated heterocycles. The van der Waals surface area contributed by atoms with Crippen LogP contribution in [0.15, 0.2) is 10.6 Å². The molecule has 2 amide bonds. The molecule has 0 aromatic carbocycles. The summed E-state index contributed by atoms with van der Waals surface area (Å²) in [6.45, 7) is 3.92. The van der Waals surface area contributed by atoms with Gasteiger partial charge in [0.05, 0.1) is 6.54 Å². The standard InChI is InChI=1S/C13H18ClN3O3/c1-8-5-11(16-20-8)15-12(18)7-17(6-10-3-4-10)13(19)9(2)14/h5,9-10H,3-4,6-7H2,1-2H3,(H,15,16,18)/t9-/m0/s1. The van der Waals surface area contributed by atoms with Crippen molar-refractivity contribution in [2.75, 3.05) is 18.4 Å². The van der Waals surface area contributed by atoms with E-state index in [9.17, 15) is 9.59 Å². The molecule has 1 aliphatic rings. The van der Waals surface area contributed by atoms with Crippen LogP contribution < -0.4 is 5.32 Å². The normalized spacial score (nSPS) is 15.8. The van der Waals surface area contributed by atoms with Gasteiger partial charge in [-0.25, -0.2) is 0 Å². The fourth-order valence-electron chi connectivity index (χ4n) is 1.88. The highest BCUT2D eigenvalue weighted by atomic mass is 35.5.